The third kappa shape index (κ3) is 3.24. The van der Waals surface area contributed by atoms with E-state index in [4.69, 9.17) is 0 Å². The lowest BCUT2D eigenvalue weighted by Crippen LogP contribution is -2.14. The van der Waals surface area contributed by atoms with Crippen LogP contribution in [0.25, 0.3) is 0 Å². The van der Waals surface area contributed by atoms with Crippen LogP contribution < -0.4 is 5.32 Å². The van der Waals surface area contributed by atoms with Crippen molar-refractivity contribution in [3.63, 3.8) is 0 Å². The molecule has 0 radical (unpaired) electrons. The minimum Gasteiger partial charge on any atom is -0.321 e. The molecule has 0 saturated heterocycles. The van der Waals surface area contributed by atoms with E-state index in [1.54, 1.807) is 11.6 Å². The first-order valence-corrected chi connectivity index (χ1v) is 7.52. The van der Waals surface area contributed by atoms with Gasteiger partial charge in [-0.2, -0.15) is 8.75 Å². The van der Waals surface area contributed by atoms with E-state index in [1.165, 1.54) is 24.3 Å². The van der Waals surface area contributed by atoms with E-state index >= 15 is 0 Å². The number of rotatable bonds is 4. The molecule has 9 heteroatoms. The fraction of sp³-hybridized carbons (Fsp3) is 0.214. The van der Waals surface area contributed by atoms with E-state index in [9.17, 15) is 9.18 Å². The molecule has 3 rings (SSSR count). The minimum absolute atomic E-state index is 0.218. The Labute approximate surface area is 135 Å². The number of nitrogens with zero attached hydrogens (tertiary/aromatic N) is 5. The molecule has 0 aliphatic carbocycles. The minimum atomic E-state index is -0.395. The number of aryl methyl sites for hydroxylation is 1. The Morgan fingerprint density at radius 1 is 1.26 bits per heavy atom. The van der Waals surface area contributed by atoms with Crippen LogP contribution in [0.5, 0.6) is 0 Å². The molecule has 23 heavy (non-hydrogen) atoms. The molecule has 1 amide bonds. The standard InChI is InChI=1S/C14H13FN6OS/c1-8-12(19-23-18-8)7-21-9(2)13(17-20-21)14(22)16-11-5-3-10(15)4-6-11/h3-6H,7H2,1-2H3,(H,16,22). The van der Waals surface area contributed by atoms with E-state index < -0.39 is 5.91 Å². The summed E-state index contributed by atoms with van der Waals surface area (Å²) >= 11 is 1.14. The van der Waals surface area contributed by atoms with Crippen molar-refractivity contribution in [2.75, 3.05) is 5.32 Å². The zero-order valence-electron chi connectivity index (χ0n) is 12.4. The zero-order valence-corrected chi connectivity index (χ0v) is 13.3. The molecule has 0 aliphatic rings. The monoisotopic (exact) mass is 332 g/mol. The van der Waals surface area contributed by atoms with Crippen molar-refractivity contribution < 1.29 is 9.18 Å². The average molecular weight is 332 g/mol. The van der Waals surface area contributed by atoms with Gasteiger partial charge in [-0.3, -0.25) is 4.79 Å². The van der Waals surface area contributed by atoms with Crippen LogP contribution in [0.4, 0.5) is 10.1 Å². The summed E-state index contributed by atoms with van der Waals surface area (Å²) in [5.41, 5.74) is 2.97. The van der Waals surface area contributed by atoms with Crippen molar-refractivity contribution in [1.29, 1.82) is 0 Å². The van der Waals surface area contributed by atoms with Crippen LogP contribution in [0.1, 0.15) is 27.6 Å². The Morgan fingerprint density at radius 3 is 2.65 bits per heavy atom. The van der Waals surface area contributed by atoms with Crippen LogP contribution in [-0.4, -0.2) is 29.6 Å². The number of amides is 1. The van der Waals surface area contributed by atoms with Gasteiger partial charge in [0, 0.05) is 5.69 Å². The predicted molar refractivity (Wildman–Crippen MR) is 82.9 cm³/mol. The fourth-order valence-electron chi connectivity index (χ4n) is 1.98. The van der Waals surface area contributed by atoms with Gasteiger partial charge in [-0.05, 0) is 38.1 Å². The van der Waals surface area contributed by atoms with Gasteiger partial charge in [0.05, 0.1) is 35.4 Å². The molecule has 1 aromatic carbocycles. The molecule has 2 heterocycles. The maximum Gasteiger partial charge on any atom is 0.278 e. The number of nitrogens with one attached hydrogen (secondary N) is 1. The van der Waals surface area contributed by atoms with Crippen molar-refractivity contribution in [2.24, 2.45) is 0 Å². The lowest BCUT2D eigenvalue weighted by molar-refractivity contribution is 0.102. The molecule has 118 valence electrons. The van der Waals surface area contributed by atoms with Crippen LogP contribution in [-0.2, 0) is 6.54 Å². The second-order valence-corrected chi connectivity index (χ2v) is 5.47. The largest absolute Gasteiger partial charge is 0.321 e. The summed E-state index contributed by atoms with van der Waals surface area (Å²) in [6.07, 6.45) is 0. The number of anilines is 1. The summed E-state index contributed by atoms with van der Waals surface area (Å²) < 4.78 is 22.8. The van der Waals surface area contributed by atoms with Gasteiger partial charge in [-0.1, -0.05) is 5.21 Å². The van der Waals surface area contributed by atoms with Gasteiger partial charge < -0.3 is 5.32 Å². The van der Waals surface area contributed by atoms with Crippen LogP contribution in [0.2, 0.25) is 0 Å². The van der Waals surface area contributed by atoms with Gasteiger partial charge >= 0.3 is 0 Å². The maximum absolute atomic E-state index is 12.9. The Morgan fingerprint density at radius 2 is 2.00 bits per heavy atom. The van der Waals surface area contributed by atoms with Gasteiger partial charge in [0.15, 0.2) is 5.69 Å². The van der Waals surface area contributed by atoms with E-state index in [2.05, 4.69) is 24.4 Å². The average Bonchev–Trinajstić information content (AvgIpc) is 3.09. The first-order chi connectivity index (χ1) is 11.0. The van der Waals surface area contributed by atoms with Gasteiger partial charge in [0.1, 0.15) is 5.82 Å². The highest BCUT2D eigenvalue weighted by atomic mass is 32.1. The van der Waals surface area contributed by atoms with Crippen molar-refractivity contribution >= 4 is 23.3 Å². The van der Waals surface area contributed by atoms with Crippen molar-refractivity contribution in [1.82, 2.24) is 23.7 Å². The highest BCUT2D eigenvalue weighted by Crippen LogP contribution is 2.13. The summed E-state index contributed by atoms with van der Waals surface area (Å²) in [5.74, 6) is -0.758. The van der Waals surface area contributed by atoms with Crippen molar-refractivity contribution in [3.05, 3.63) is 52.9 Å². The molecule has 0 bridgehead atoms. The number of hydrogen-bond donors (Lipinski definition) is 1. The van der Waals surface area contributed by atoms with Crippen LogP contribution in [0, 0.1) is 19.7 Å². The zero-order chi connectivity index (χ0) is 16.4. The molecule has 0 spiro atoms. The number of hydrogen-bond acceptors (Lipinski definition) is 6. The van der Waals surface area contributed by atoms with E-state index in [-0.39, 0.29) is 11.5 Å². The third-order valence-corrected chi connectivity index (χ3v) is 4.00. The number of carbonyl (C=O) groups is 1. The number of benzene rings is 1. The molecule has 0 saturated carbocycles. The molecule has 1 N–H and O–H groups in total. The molecule has 2 aromatic heterocycles. The molecular weight excluding hydrogens is 319 g/mol. The Kier molecular flexibility index (Phi) is 4.11. The summed E-state index contributed by atoms with van der Waals surface area (Å²) in [6.45, 7) is 4.03. The molecular formula is C14H13FN6OS. The molecule has 0 aliphatic heterocycles. The van der Waals surface area contributed by atoms with Crippen LogP contribution >= 0.6 is 11.7 Å². The van der Waals surface area contributed by atoms with Crippen LogP contribution in [0.3, 0.4) is 0 Å². The van der Waals surface area contributed by atoms with E-state index in [0.717, 1.165) is 23.1 Å². The van der Waals surface area contributed by atoms with Gasteiger partial charge in [0.2, 0.25) is 0 Å². The number of aromatic nitrogens is 5. The number of carbonyl (C=O) groups excluding carboxylic acids is 1. The molecule has 0 fully saturated rings. The predicted octanol–water partition coefficient (Wildman–Crippen LogP) is 2.19. The first-order valence-electron chi connectivity index (χ1n) is 6.79. The second kappa shape index (κ2) is 6.21. The Balaban J connectivity index is 1.77. The van der Waals surface area contributed by atoms with Gasteiger partial charge in [0.25, 0.3) is 5.91 Å². The fourth-order valence-corrected chi connectivity index (χ4v) is 2.54. The van der Waals surface area contributed by atoms with Crippen molar-refractivity contribution in [2.45, 2.75) is 20.4 Å². The third-order valence-electron chi connectivity index (χ3n) is 3.35. The molecule has 0 atom stereocenters. The smallest absolute Gasteiger partial charge is 0.278 e. The molecule has 0 unspecified atom stereocenters. The van der Waals surface area contributed by atoms with Crippen LogP contribution in [0.15, 0.2) is 24.3 Å². The highest BCUT2D eigenvalue weighted by Gasteiger charge is 2.18. The molecule has 3 aromatic rings. The SMILES string of the molecule is Cc1nsnc1Cn1nnc(C(=O)Nc2ccc(F)cc2)c1C. The first kappa shape index (κ1) is 15.2. The Bertz CT molecular complexity index is 841. The van der Waals surface area contributed by atoms with Gasteiger partial charge in [-0.15, -0.1) is 5.10 Å². The normalized spacial score (nSPS) is 10.7. The van der Waals surface area contributed by atoms with Crippen molar-refractivity contribution in [3.8, 4) is 0 Å². The topological polar surface area (TPSA) is 85.6 Å². The lowest BCUT2D eigenvalue weighted by atomic mass is 10.2. The Hall–Kier alpha value is -2.68. The summed E-state index contributed by atoms with van der Waals surface area (Å²) in [5, 5.41) is 10.6. The quantitative estimate of drug-likeness (QED) is 0.791. The maximum atomic E-state index is 12.9. The van der Waals surface area contributed by atoms with E-state index in [0.29, 0.717) is 17.9 Å². The lowest BCUT2D eigenvalue weighted by Gasteiger charge is -2.04. The summed E-state index contributed by atoms with van der Waals surface area (Å²) in [7, 11) is 0. The highest BCUT2D eigenvalue weighted by molar-refractivity contribution is 6.99. The van der Waals surface area contributed by atoms with E-state index in [1.807, 2.05) is 6.92 Å². The molecule has 7 nitrogen and oxygen atoms in total. The van der Waals surface area contributed by atoms with Gasteiger partial charge in [-0.25, -0.2) is 9.07 Å². The number of halogens is 1. The summed E-state index contributed by atoms with van der Waals surface area (Å²) in [4.78, 5) is 12.3. The summed E-state index contributed by atoms with van der Waals surface area (Å²) in [6, 6.07) is 5.52. The second-order valence-electron chi connectivity index (χ2n) is 4.94.